The molecule has 0 aliphatic carbocycles. The molecular weight excluding hydrogens is 536 g/mol. The number of rotatable bonds is 13. The van der Waals surface area contributed by atoms with Gasteiger partial charge in [-0.05, 0) is 50.1 Å². The zero-order chi connectivity index (χ0) is 29.8. The molecule has 2 heterocycles. The summed E-state index contributed by atoms with van der Waals surface area (Å²) >= 11 is 0. The fourth-order valence-corrected chi connectivity index (χ4v) is 4.99. The number of nitrogens with one attached hydrogen (secondary N) is 2. The highest BCUT2D eigenvalue weighted by Gasteiger charge is 2.39. The normalized spacial score (nSPS) is 14.9. The van der Waals surface area contributed by atoms with Crippen LogP contribution < -0.4 is 22.1 Å². The van der Waals surface area contributed by atoms with Gasteiger partial charge in [-0.1, -0.05) is 0 Å². The zero-order valence-corrected chi connectivity index (χ0v) is 22.1. The number of amides is 6. The summed E-state index contributed by atoms with van der Waals surface area (Å²) in [6.07, 6.45) is 0.985. The highest BCUT2D eigenvalue weighted by molar-refractivity contribution is 6.33. The molecule has 1 atom stereocenters. The fourth-order valence-electron chi connectivity index (χ4n) is 4.99. The lowest BCUT2D eigenvalue weighted by atomic mass is 9.86. The second kappa shape index (κ2) is 12.2. The molecule has 0 saturated heterocycles. The Hall–Kier alpha value is -4.69. The van der Waals surface area contributed by atoms with E-state index in [1.54, 1.807) is 0 Å². The number of imide groups is 2. The average molecular weight is 567 g/mol. The molecular formula is C27H30N6O8. The van der Waals surface area contributed by atoms with Crippen molar-refractivity contribution < 1.29 is 38.7 Å². The van der Waals surface area contributed by atoms with Gasteiger partial charge in [-0.25, -0.2) is 4.79 Å². The Kier molecular flexibility index (Phi) is 8.74. The fraction of sp³-hybridized carbons (Fsp3) is 0.370. The van der Waals surface area contributed by atoms with Crippen LogP contribution in [0.3, 0.4) is 0 Å². The van der Waals surface area contributed by atoms with Gasteiger partial charge in [-0.2, -0.15) is 0 Å². The maximum absolute atomic E-state index is 13.4. The van der Waals surface area contributed by atoms with Crippen LogP contribution in [0.25, 0.3) is 10.8 Å². The Bertz CT molecular complexity index is 1400. The number of carbonyl (C=O) groups is 7. The van der Waals surface area contributed by atoms with Crippen LogP contribution in [0, 0.1) is 0 Å². The molecule has 14 heteroatoms. The van der Waals surface area contributed by atoms with Crippen molar-refractivity contribution >= 4 is 52.2 Å². The van der Waals surface area contributed by atoms with E-state index in [-0.39, 0.29) is 72.0 Å². The summed E-state index contributed by atoms with van der Waals surface area (Å²) in [6, 6.07) is 4.48. The average Bonchev–Trinajstić information content (AvgIpc) is 2.95. The largest absolute Gasteiger partial charge is 0.480 e. The molecule has 2 aromatic carbocycles. The molecule has 7 N–H and O–H groups in total. The standard InChI is InChI=1S/C27H30N6O8/c28-9-2-1-3-18(27(40)41)31-19(34)8-11-32-23(36)14-4-6-16-22-17(7-5-15(21(14)22)24(32)37)26(39)33(25(16)38)12-10-30-20(35)13-29/h4-7,18H,1-3,8-13,28-29H2,(H,30,35)(H,31,34)(H,40,41)/t18-/m0/s1. The van der Waals surface area contributed by atoms with Gasteiger partial charge >= 0.3 is 5.97 Å². The van der Waals surface area contributed by atoms with Crippen molar-refractivity contribution in [1.82, 2.24) is 20.4 Å². The first-order valence-corrected chi connectivity index (χ1v) is 13.1. The van der Waals surface area contributed by atoms with Gasteiger partial charge in [0.25, 0.3) is 23.6 Å². The Morgan fingerprint density at radius 3 is 1.68 bits per heavy atom. The third-order valence-corrected chi connectivity index (χ3v) is 7.05. The summed E-state index contributed by atoms with van der Waals surface area (Å²) in [4.78, 5) is 90.4. The lowest BCUT2D eigenvalue weighted by Crippen LogP contribution is -2.46. The van der Waals surface area contributed by atoms with Crippen LogP contribution in [0.1, 0.15) is 67.1 Å². The van der Waals surface area contributed by atoms with Crippen LogP contribution in [0.15, 0.2) is 24.3 Å². The maximum Gasteiger partial charge on any atom is 0.326 e. The first-order chi connectivity index (χ1) is 19.6. The molecule has 41 heavy (non-hydrogen) atoms. The van der Waals surface area contributed by atoms with Crippen LogP contribution in [-0.4, -0.2) is 95.1 Å². The molecule has 0 spiro atoms. The number of carboxylic acid groups (broad SMARTS) is 1. The third kappa shape index (κ3) is 5.64. The minimum Gasteiger partial charge on any atom is -0.480 e. The van der Waals surface area contributed by atoms with Crippen molar-refractivity contribution in [1.29, 1.82) is 0 Å². The smallest absolute Gasteiger partial charge is 0.326 e. The van der Waals surface area contributed by atoms with Crippen LogP contribution in [0.2, 0.25) is 0 Å². The number of nitrogens with zero attached hydrogens (tertiary/aromatic N) is 2. The van der Waals surface area contributed by atoms with Gasteiger partial charge in [-0.3, -0.25) is 38.6 Å². The van der Waals surface area contributed by atoms with Crippen molar-refractivity contribution in [3.8, 4) is 0 Å². The number of unbranched alkanes of at least 4 members (excludes halogenated alkanes) is 1. The van der Waals surface area contributed by atoms with Gasteiger partial charge in [0.15, 0.2) is 0 Å². The van der Waals surface area contributed by atoms with Crippen LogP contribution >= 0.6 is 0 Å². The summed E-state index contributed by atoms with van der Waals surface area (Å²) < 4.78 is 0. The SMILES string of the molecule is NCCCC[C@H](NC(=O)CCN1C(=O)c2ccc3c4c(ccc(c24)C1=O)C(=O)N(CCNC(=O)CN)C3=O)C(=O)O. The highest BCUT2D eigenvalue weighted by Crippen LogP contribution is 2.37. The zero-order valence-electron chi connectivity index (χ0n) is 22.1. The number of hydrogen-bond donors (Lipinski definition) is 5. The van der Waals surface area contributed by atoms with Crippen molar-refractivity contribution in [2.45, 2.75) is 31.7 Å². The topological polar surface area (TPSA) is 222 Å². The highest BCUT2D eigenvalue weighted by atomic mass is 16.4. The van der Waals surface area contributed by atoms with Gasteiger partial charge in [0.2, 0.25) is 11.8 Å². The summed E-state index contributed by atoms with van der Waals surface area (Å²) in [7, 11) is 0. The van der Waals surface area contributed by atoms with Crippen molar-refractivity contribution in [3.05, 3.63) is 46.5 Å². The Morgan fingerprint density at radius 2 is 1.24 bits per heavy atom. The Morgan fingerprint density at radius 1 is 0.756 bits per heavy atom. The second-order valence-corrected chi connectivity index (χ2v) is 9.64. The Balaban J connectivity index is 1.54. The van der Waals surface area contributed by atoms with Gasteiger partial charge in [0.1, 0.15) is 6.04 Å². The van der Waals surface area contributed by atoms with Crippen molar-refractivity contribution in [3.63, 3.8) is 0 Å². The first-order valence-electron chi connectivity index (χ1n) is 13.1. The predicted octanol–water partition coefficient (Wildman–Crippen LogP) is -0.805. The molecule has 14 nitrogen and oxygen atoms in total. The van der Waals surface area contributed by atoms with E-state index in [2.05, 4.69) is 10.6 Å². The monoisotopic (exact) mass is 566 g/mol. The van der Waals surface area contributed by atoms with Gasteiger partial charge < -0.3 is 27.2 Å². The van der Waals surface area contributed by atoms with E-state index in [1.165, 1.54) is 24.3 Å². The first kappa shape index (κ1) is 29.3. The summed E-state index contributed by atoms with van der Waals surface area (Å²) in [5.74, 6) is -4.95. The van der Waals surface area contributed by atoms with Crippen LogP contribution in [-0.2, 0) is 14.4 Å². The number of aliphatic carboxylic acids is 1. The van der Waals surface area contributed by atoms with E-state index in [0.717, 1.165) is 9.80 Å². The molecule has 0 saturated carbocycles. The quantitative estimate of drug-likeness (QED) is 0.150. The van der Waals surface area contributed by atoms with Crippen molar-refractivity contribution in [2.24, 2.45) is 11.5 Å². The Labute approximate surface area is 234 Å². The minimum atomic E-state index is -1.20. The number of hydrogen-bond acceptors (Lipinski definition) is 9. The third-order valence-electron chi connectivity index (χ3n) is 7.05. The maximum atomic E-state index is 13.4. The summed E-state index contributed by atoms with van der Waals surface area (Å²) in [5.41, 5.74) is 11.1. The molecule has 0 fully saturated rings. The van der Waals surface area contributed by atoms with Crippen LogP contribution in [0.5, 0.6) is 0 Å². The number of nitrogens with two attached hydrogens (primary N) is 2. The van der Waals surface area contributed by atoms with Gasteiger partial charge in [0, 0.05) is 59.1 Å². The predicted molar refractivity (Wildman–Crippen MR) is 144 cm³/mol. The number of benzene rings is 2. The van der Waals surface area contributed by atoms with E-state index >= 15 is 0 Å². The molecule has 0 bridgehead atoms. The van der Waals surface area contributed by atoms with E-state index in [4.69, 9.17) is 11.5 Å². The van der Waals surface area contributed by atoms with E-state index < -0.39 is 47.5 Å². The summed E-state index contributed by atoms with van der Waals surface area (Å²) in [6.45, 7) is -0.243. The molecule has 2 aromatic rings. The molecule has 0 radical (unpaired) electrons. The lowest BCUT2D eigenvalue weighted by Gasteiger charge is -2.32. The second-order valence-electron chi connectivity index (χ2n) is 9.64. The van der Waals surface area contributed by atoms with E-state index in [0.29, 0.717) is 19.4 Å². The molecule has 6 amide bonds. The molecule has 2 aliphatic heterocycles. The molecule has 4 rings (SSSR count). The van der Waals surface area contributed by atoms with Gasteiger partial charge in [0.05, 0.1) is 6.54 Å². The lowest BCUT2D eigenvalue weighted by molar-refractivity contribution is -0.142. The molecule has 216 valence electrons. The number of carbonyl (C=O) groups excluding carboxylic acids is 6. The number of carboxylic acids is 1. The molecule has 0 unspecified atom stereocenters. The molecule has 2 aliphatic rings. The van der Waals surface area contributed by atoms with Crippen LogP contribution in [0.4, 0.5) is 0 Å². The summed E-state index contributed by atoms with van der Waals surface area (Å²) in [5, 5.41) is 14.7. The molecule has 0 aromatic heterocycles. The van der Waals surface area contributed by atoms with Gasteiger partial charge in [-0.15, -0.1) is 0 Å². The van der Waals surface area contributed by atoms with Crippen molar-refractivity contribution in [2.75, 3.05) is 32.7 Å². The van der Waals surface area contributed by atoms with E-state index in [9.17, 15) is 38.7 Å². The van der Waals surface area contributed by atoms with E-state index in [1.807, 2.05) is 0 Å². The minimum absolute atomic E-state index is 0.00256.